The first-order valence-electron chi connectivity index (χ1n) is 9.67. The molecule has 0 radical (unpaired) electrons. The van der Waals surface area contributed by atoms with E-state index in [2.05, 4.69) is 11.0 Å². The fourth-order valence-corrected chi connectivity index (χ4v) is 4.05. The van der Waals surface area contributed by atoms with Crippen LogP contribution in [0.5, 0.6) is 5.75 Å². The van der Waals surface area contributed by atoms with E-state index in [0.29, 0.717) is 26.4 Å². The topological polar surface area (TPSA) is 67.5 Å². The first-order chi connectivity index (χ1) is 13.2. The van der Waals surface area contributed by atoms with Crippen LogP contribution in [0.15, 0.2) is 35.1 Å². The molecule has 2 unspecified atom stereocenters. The van der Waals surface area contributed by atoms with Gasteiger partial charge in [0, 0.05) is 51.4 Å². The van der Waals surface area contributed by atoms with Crippen LogP contribution in [-0.4, -0.2) is 48.9 Å². The van der Waals surface area contributed by atoms with Crippen LogP contribution in [0, 0.1) is 16.7 Å². The highest BCUT2D eigenvalue weighted by molar-refractivity contribution is 5.80. The van der Waals surface area contributed by atoms with Crippen molar-refractivity contribution in [3.8, 4) is 11.8 Å². The van der Waals surface area contributed by atoms with Gasteiger partial charge in [0.25, 0.3) is 5.56 Å². The summed E-state index contributed by atoms with van der Waals surface area (Å²) in [5, 5.41) is 10.7. The molecule has 2 aliphatic rings. The number of pyridine rings is 1. The van der Waals surface area contributed by atoms with E-state index in [1.54, 1.807) is 6.07 Å². The van der Waals surface area contributed by atoms with Gasteiger partial charge in [0.05, 0.1) is 23.6 Å². The predicted molar refractivity (Wildman–Crippen MR) is 103 cm³/mol. The number of hydrogen-bond acceptors (Lipinski definition) is 5. The maximum atomic E-state index is 12.5. The summed E-state index contributed by atoms with van der Waals surface area (Å²) in [6, 6.07) is 11.9. The fourth-order valence-electron chi connectivity index (χ4n) is 4.05. The van der Waals surface area contributed by atoms with Crippen LogP contribution in [0.1, 0.15) is 19.3 Å². The van der Waals surface area contributed by atoms with Gasteiger partial charge in [-0.1, -0.05) is 0 Å². The Labute approximate surface area is 158 Å². The Balaban J connectivity index is 1.64. The summed E-state index contributed by atoms with van der Waals surface area (Å²) >= 11 is 0. The van der Waals surface area contributed by atoms with Crippen molar-refractivity contribution in [1.82, 2.24) is 9.47 Å². The lowest BCUT2D eigenvalue weighted by molar-refractivity contribution is 0.0980. The maximum absolute atomic E-state index is 12.5. The van der Waals surface area contributed by atoms with Crippen LogP contribution in [-0.2, 0) is 11.3 Å². The molecule has 3 heterocycles. The molecule has 0 N–H and O–H groups in total. The molecule has 2 aromatic rings. The minimum Gasteiger partial charge on any atom is -0.493 e. The standard InChI is InChI=1S/C21H25N3O3/c22-15-21-6-8-23(16-21)9-10-24-19-14-18(27-12-1-11-26-13-7-21)4-2-17(19)3-5-20(24)25/h2-5,14H,1,6-13,16H2. The molecule has 6 nitrogen and oxygen atoms in total. The van der Waals surface area contributed by atoms with Crippen LogP contribution in [0.2, 0.25) is 0 Å². The quantitative estimate of drug-likeness (QED) is 0.715. The summed E-state index contributed by atoms with van der Waals surface area (Å²) in [6.45, 7) is 4.81. The molecule has 142 valence electrons. The lowest BCUT2D eigenvalue weighted by Gasteiger charge is -2.22. The third-order valence-electron chi connectivity index (χ3n) is 5.70. The van der Waals surface area contributed by atoms with Gasteiger partial charge in [0.15, 0.2) is 0 Å². The SMILES string of the molecule is N#CC12CCOCCCOc3ccc4ccc(=O)n(c4c3)CCN(CC1)C2. The zero-order valence-corrected chi connectivity index (χ0v) is 15.5. The lowest BCUT2D eigenvalue weighted by Crippen LogP contribution is -2.32. The second-order valence-electron chi connectivity index (χ2n) is 7.53. The van der Waals surface area contributed by atoms with E-state index in [-0.39, 0.29) is 11.0 Å². The minimum absolute atomic E-state index is 0.0000835. The van der Waals surface area contributed by atoms with Crippen molar-refractivity contribution >= 4 is 10.9 Å². The van der Waals surface area contributed by atoms with E-state index in [9.17, 15) is 10.1 Å². The third kappa shape index (κ3) is 3.85. The highest BCUT2D eigenvalue weighted by Crippen LogP contribution is 2.33. The molecule has 0 amide bonds. The number of rotatable bonds is 0. The largest absolute Gasteiger partial charge is 0.493 e. The Bertz CT molecular complexity index is 917. The molecule has 27 heavy (non-hydrogen) atoms. The van der Waals surface area contributed by atoms with Crippen molar-refractivity contribution in [3.05, 3.63) is 40.7 Å². The highest BCUT2D eigenvalue weighted by atomic mass is 16.5. The molecule has 2 aliphatic heterocycles. The van der Waals surface area contributed by atoms with Crippen LogP contribution >= 0.6 is 0 Å². The monoisotopic (exact) mass is 367 g/mol. The van der Waals surface area contributed by atoms with Gasteiger partial charge in [-0.15, -0.1) is 0 Å². The Morgan fingerprint density at radius 3 is 2.81 bits per heavy atom. The van der Waals surface area contributed by atoms with Crippen molar-refractivity contribution in [3.63, 3.8) is 0 Å². The lowest BCUT2D eigenvalue weighted by atomic mass is 9.86. The number of aromatic nitrogens is 1. The number of nitrogens with zero attached hydrogens (tertiary/aromatic N) is 3. The number of ether oxygens (including phenoxy) is 2. The summed E-state index contributed by atoms with van der Waals surface area (Å²) < 4.78 is 13.4. The molecule has 0 aliphatic carbocycles. The molecule has 1 aromatic heterocycles. The number of nitriles is 1. The summed E-state index contributed by atoms with van der Waals surface area (Å²) in [5.74, 6) is 0.776. The van der Waals surface area contributed by atoms with Gasteiger partial charge in [0.2, 0.25) is 0 Å². The normalized spacial score (nSPS) is 26.6. The summed E-state index contributed by atoms with van der Waals surface area (Å²) in [5.41, 5.74) is 0.568. The first kappa shape index (κ1) is 18.0. The van der Waals surface area contributed by atoms with Gasteiger partial charge in [-0.2, -0.15) is 5.26 Å². The Hall–Kier alpha value is -2.36. The second-order valence-corrected chi connectivity index (χ2v) is 7.53. The van der Waals surface area contributed by atoms with Crippen molar-refractivity contribution in [2.24, 2.45) is 5.41 Å². The van der Waals surface area contributed by atoms with Crippen molar-refractivity contribution in [2.45, 2.75) is 25.8 Å². The molecule has 0 spiro atoms. The second kappa shape index (κ2) is 7.71. The molecule has 0 saturated carbocycles. The van der Waals surface area contributed by atoms with Crippen LogP contribution in [0.4, 0.5) is 0 Å². The summed E-state index contributed by atoms with van der Waals surface area (Å²) in [4.78, 5) is 14.8. The van der Waals surface area contributed by atoms with E-state index in [1.165, 1.54) is 0 Å². The van der Waals surface area contributed by atoms with Gasteiger partial charge in [-0.3, -0.25) is 9.69 Å². The van der Waals surface area contributed by atoms with Crippen LogP contribution < -0.4 is 10.3 Å². The molecule has 2 atom stereocenters. The van der Waals surface area contributed by atoms with Gasteiger partial charge in [0.1, 0.15) is 5.75 Å². The van der Waals surface area contributed by atoms with Gasteiger partial charge in [-0.05, 0) is 43.0 Å². The molecule has 1 saturated heterocycles. The zero-order chi connectivity index (χ0) is 18.7. The van der Waals surface area contributed by atoms with Crippen LogP contribution in [0.25, 0.3) is 10.9 Å². The van der Waals surface area contributed by atoms with E-state index in [1.807, 2.05) is 28.8 Å². The summed E-state index contributed by atoms with van der Waals surface area (Å²) in [7, 11) is 0. The Morgan fingerprint density at radius 1 is 1.04 bits per heavy atom. The fraction of sp³-hybridized carbons (Fsp3) is 0.524. The Kier molecular flexibility index (Phi) is 5.15. The number of fused-ring (bicyclic) bond motifs is 3. The molecule has 1 fully saturated rings. The van der Waals surface area contributed by atoms with Crippen molar-refractivity contribution in [2.75, 3.05) is 39.5 Å². The zero-order valence-electron chi connectivity index (χ0n) is 15.5. The van der Waals surface area contributed by atoms with Gasteiger partial charge >= 0.3 is 0 Å². The van der Waals surface area contributed by atoms with Crippen molar-refractivity contribution < 1.29 is 9.47 Å². The van der Waals surface area contributed by atoms with E-state index < -0.39 is 0 Å². The van der Waals surface area contributed by atoms with Crippen molar-refractivity contribution in [1.29, 1.82) is 5.26 Å². The minimum atomic E-state index is -0.329. The smallest absolute Gasteiger partial charge is 0.251 e. The third-order valence-corrected chi connectivity index (χ3v) is 5.70. The predicted octanol–water partition coefficient (Wildman–Crippen LogP) is 2.41. The molecular weight excluding hydrogens is 342 g/mol. The highest BCUT2D eigenvalue weighted by Gasteiger charge is 2.37. The maximum Gasteiger partial charge on any atom is 0.251 e. The first-order valence-corrected chi connectivity index (χ1v) is 9.67. The summed E-state index contributed by atoms with van der Waals surface area (Å²) in [6.07, 6.45) is 2.42. The van der Waals surface area contributed by atoms with E-state index in [4.69, 9.17) is 9.47 Å². The average Bonchev–Trinajstić information content (AvgIpc) is 3.09. The van der Waals surface area contributed by atoms with Crippen LogP contribution in [0.3, 0.4) is 0 Å². The Morgan fingerprint density at radius 2 is 1.93 bits per heavy atom. The molecular formula is C21H25N3O3. The van der Waals surface area contributed by atoms with Gasteiger partial charge in [-0.25, -0.2) is 0 Å². The van der Waals surface area contributed by atoms with E-state index >= 15 is 0 Å². The number of benzene rings is 1. The molecule has 1 aromatic carbocycles. The van der Waals surface area contributed by atoms with E-state index in [0.717, 1.165) is 55.5 Å². The number of hydrogen-bond donors (Lipinski definition) is 0. The molecule has 4 rings (SSSR count). The van der Waals surface area contributed by atoms with Gasteiger partial charge < -0.3 is 14.0 Å². The molecule has 6 heteroatoms. The average molecular weight is 367 g/mol. The molecule has 4 bridgehead atoms.